The monoisotopic (exact) mass is 274 g/mol. The molecule has 0 saturated carbocycles. The Labute approximate surface area is 87.2 Å². The van der Waals surface area contributed by atoms with Crippen molar-refractivity contribution < 1.29 is 40.0 Å². The molecule has 0 aromatic carbocycles. The van der Waals surface area contributed by atoms with E-state index in [4.69, 9.17) is 0 Å². The maximum Gasteiger partial charge on any atom is 0.424 e. The molecule has 10 heteroatoms. The third-order valence-corrected chi connectivity index (χ3v) is 2.58. The lowest BCUT2D eigenvalue weighted by Gasteiger charge is -2.25. The average molecular weight is 274 g/mol. The number of alkyl halides is 6. The van der Waals surface area contributed by atoms with E-state index < -0.39 is 26.1 Å². The predicted octanol–water partition coefficient (Wildman–Crippen LogP) is 3.36. The maximum absolute atomic E-state index is 12.0. The van der Waals surface area contributed by atoms with Crippen LogP contribution in [0, 0.1) is 0 Å². The SMILES string of the molecule is CCO[P@](C)(=O)OC(C(F)(F)F)C(F)(F)F. The summed E-state index contributed by atoms with van der Waals surface area (Å²) in [6.07, 6.45) is -15.5. The van der Waals surface area contributed by atoms with Crippen LogP contribution >= 0.6 is 7.60 Å². The Kier molecular flexibility index (Phi) is 4.85. The number of halogens is 6. The minimum atomic E-state index is -5.69. The van der Waals surface area contributed by atoms with Crippen LogP contribution in [-0.4, -0.2) is 31.7 Å². The third-order valence-electron chi connectivity index (χ3n) is 1.26. The van der Waals surface area contributed by atoms with Gasteiger partial charge in [0.15, 0.2) is 0 Å². The van der Waals surface area contributed by atoms with Crippen LogP contribution in [0.5, 0.6) is 0 Å². The van der Waals surface area contributed by atoms with Gasteiger partial charge in [-0.25, -0.2) is 0 Å². The average Bonchev–Trinajstić information content (AvgIpc) is 1.96. The highest BCUT2D eigenvalue weighted by atomic mass is 31.2. The van der Waals surface area contributed by atoms with Gasteiger partial charge in [0.1, 0.15) is 0 Å². The second kappa shape index (κ2) is 4.93. The molecule has 0 aliphatic carbocycles. The third kappa shape index (κ3) is 5.18. The van der Waals surface area contributed by atoms with Crippen LogP contribution in [0.1, 0.15) is 6.92 Å². The summed E-state index contributed by atoms with van der Waals surface area (Å²) in [7, 11) is -4.38. The molecule has 0 aliphatic heterocycles. The van der Waals surface area contributed by atoms with Gasteiger partial charge in [0, 0.05) is 6.66 Å². The largest absolute Gasteiger partial charge is 0.424 e. The van der Waals surface area contributed by atoms with Crippen molar-refractivity contribution in [1.82, 2.24) is 0 Å². The van der Waals surface area contributed by atoms with Crippen LogP contribution in [-0.2, 0) is 13.6 Å². The van der Waals surface area contributed by atoms with Crippen molar-refractivity contribution in [2.45, 2.75) is 25.4 Å². The first-order chi connectivity index (χ1) is 6.90. The Morgan fingerprint density at radius 1 is 1.12 bits per heavy atom. The normalized spacial score (nSPS) is 17.6. The van der Waals surface area contributed by atoms with Crippen LogP contribution in [0.3, 0.4) is 0 Å². The molecule has 0 spiro atoms. The van der Waals surface area contributed by atoms with Crippen LogP contribution in [0.4, 0.5) is 26.3 Å². The molecule has 1 atom stereocenters. The zero-order valence-corrected chi connectivity index (χ0v) is 9.12. The molecule has 0 radical (unpaired) electrons. The van der Waals surface area contributed by atoms with Gasteiger partial charge < -0.3 is 4.52 Å². The smallest absolute Gasteiger partial charge is 0.309 e. The Morgan fingerprint density at radius 2 is 1.50 bits per heavy atom. The molecule has 0 rings (SSSR count). The summed E-state index contributed by atoms with van der Waals surface area (Å²) >= 11 is 0. The maximum atomic E-state index is 12.0. The summed E-state index contributed by atoms with van der Waals surface area (Å²) in [6.45, 7) is 1.48. The topological polar surface area (TPSA) is 35.5 Å². The summed E-state index contributed by atoms with van der Waals surface area (Å²) in [4.78, 5) is 0. The fourth-order valence-corrected chi connectivity index (χ4v) is 1.91. The molecule has 0 saturated heterocycles. The zero-order valence-electron chi connectivity index (χ0n) is 8.22. The number of hydrogen-bond acceptors (Lipinski definition) is 3. The van der Waals surface area contributed by atoms with Crippen molar-refractivity contribution in [2.75, 3.05) is 13.3 Å². The molecule has 16 heavy (non-hydrogen) atoms. The van der Waals surface area contributed by atoms with E-state index in [1.165, 1.54) is 6.92 Å². The summed E-state index contributed by atoms with van der Waals surface area (Å²) in [6, 6.07) is 0. The lowest BCUT2D eigenvalue weighted by Crippen LogP contribution is -2.43. The molecule has 3 nitrogen and oxygen atoms in total. The first kappa shape index (κ1) is 15.7. The molecule has 0 aromatic rings. The minimum absolute atomic E-state index is 0.323. The molecular formula is C6H9F6O3P. The summed E-state index contributed by atoms with van der Waals surface area (Å²) in [5.41, 5.74) is 0. The molecule has 0 N–H and O–H groups in total. The van der Waals surface area contributed by atoms with Crippen molar-refractivity contribution in [3.63, 3.8) is 0 Å². The molecular weight excluding hydrogens is 265 g/mol. The van der Waals surface area contributed by atoms with Gasteiger partial charge in [-0.1, -0.05) is 0 Å². The van der Waals surface area contributed by atoms with E-state index in [9.17, 15) is 30.9 Å². The highest BCUT2D eigenvalue weighted by Gasteiger charge is 2.60. The van der Waals surface area contributed by atoms with E-state index in [2.05, 4.69) is 9.05 Å². The summed E-state index contributed by atoms with van der Waals surface area (Å²) in [5, 5.41) is 0. The molecule has 0 fully saturated rings. The highest BCUT2D eigenvalue weighted by molar-refractivity contribution is 7.53. The fraction of sp³-hybridized carbons (Fsp3) is 1.00. The Hall–Kier alpha value is -0.270. The number of rotatable bonds is 4. The molecule has 98 valence electrons. The lowest BCUT2D eigenvalue weighted by atomic mass is 10.3. The van der Waals surface area contributed by atoms with E-state index >= 15 is 0 Å². The predicted molar refractivity (Wildman–Crippen MR) is 42.1 cm³/mol. The van der Waals surface area contributed by atoms with Crippen molar-refractivity contribution in [3.8, 4) is 0 Å². The van der Waals surface area contributed by atoms with Crippen LogP contribution in [0.15, 0.2) is 0 Å². The van der Waals surface area contributed by atoms with Crippen molar-refractivity contribution in [3.05, 3.63) is 0 Å². The molecule has 0 amide bonds. The molecule has 0 unspecified atom stereocenters. The van der Waals surface area contributed by atoms with Gasteiger partial charge >= 0.3 is 19.9 Å². The first-order valence-electron chi connectivity index (χ1n) is 3.94. The second-order valence-electron chi connectivity index (χ2n) is 2.76. The zero-order chi connectivity index (χ0) is 13.2. The van der Waals surface area contributed by atoms with Crippen molar-refractivity contribution >= 4 is 7.60 Å². The molecule has 0 aliphatic rings. The fourth-order valence-electron chi connectivity index (χ4n) is 0.762. The Morgan fingerprint density at radius 3 is 1.75 bits per heavy atom. The standard InChI is InChI=1S/C6H9F6O3P/c1-3-14-16(2,13)15-4(5(7,8)9)6(10,11)12/h4H,3H2,1-2H3/t16-/m0/s1. The van der Waals surface area contributed by atoms with Gasteiger partial charge in [-0.3, -0.25) is 9.09 Å². The van der Waals surface area contributed by atoms with E-state index in [0.717, 1.165) is 0 Å². The van der Waals surface area contributed by atoms with E-state index in [1.54, 1.807) is 0 Å². The van der Waals surface area contributed by atoms with Crippen molar-refractivity contribution in [1.29, 1.82) is 0 Å². The van der Waals surface area contributed by atoms with Gasteiger partial charge in [-0.15, -0.1) is 0 Å². The highest BCUT2D eigenvalue weighted by Crippen LogP contribution is 2.50. The van der Waals surface area contributed by atoms with Gasteiger partial charge in [0.25, 0.3) is 6.10 Å². The van der Waals surface area contributed by atoms with Gasteiger partial charge in [0.05, 0.1) is 6.61 Å². The molecule has 0 bridgehead atoms. The van der Waals surface area contributed by atoms with Crippen LogP contribution in [0.25, 0.3) is 0 Å². The van der Waals surface area contributed by atoms with Gasteiger partial charge in [-0.2, -0.15) is 26.3 Å². The first-order valence-corrected chi connectivity index (χ1v) is 5.93. The van der Waals surface area contributed by atoms with Crippen LogP contribution < -0.4 is 0 Å². The molecule has 0 aromatic heterocycles. The van der Waals surface area contributed by atoms with E-state index in [-0.39, 0.29) is 6.61 Å². The quantitative estimate of drug-likeness (QED) is 0.582. The van der Waals surface area contributed by atoms with E-state index in [1.807, 2.05) is 0 Å². The Bertz CT molecular complexity index is 258. The minimum Gasteiger partial charge on any atom is -0.309 e. The summed E-state index contributed by atoms with van der Waals surface area (Å²) in [5.74, 6) is 0. The molecule has 0 heterocycles. The Balaban J connectivity index is 4.91. The van der Waals surface area contributed by atoms with E-state index in [0.29, 0.717) is 6.66 Å². The number of hydrogen-bond donors (Lipinski definition) is 0. The summed E-state index contributed by atoms with van der Waals surface area (Å²) < 4.78 is 90.5. The van der Waals surface area contributed by atoms with Gasteiger partial charge in [-0.05, 0) is 6.92 Å². The lowest BCUT2D eigenvalue weighted by molar-refractivity contribution is -0.301. The van der Waals surface area contributed by atoms with Gasteiger partial charge in [0.2, 0.25) is 0 Å². The van der Waals surface area contributed by atoms with Crippen LogP contribution in [0.2, 0.25) is 0 Å². The van der Waals surface area contributed by atoms with Crippen molar-refractivity contribution in [2.24, 2.45) is 0 Å². The second-order valence-corrected chi connectivity index (χ2v) is 4.77.